The molecule has 0 heterocycles. The summed E-state index contributed by atoms with van der Waals surface area (Å²) in [5.41, 5.74) is 9.06. The number of hydrogen-bond donors (Lipinski definition) is 2. The lowest BCUT2D eigenvalue weighted by Gasteiger charge is -2.20. The maximum absolute atomic E-state index is 12.7. The van der Waals surface area contributed by atoms with Crippen molar-refractivity contribution in [1.29, 1.82) is 0 Å². The van der Waals surface area contributed by atoms with E-state index in [4.69, 9.17) is 17.5 Å². The molecule has 138 valence electrons. The van der Waals surface area contributed by atoms with Gasteiger partial charge in [-0.2, -0.15) is 0 Å². The highest BCUT2D eigenvalue weighted by Crippen LogP contribution is 2.54. The van der Waals surface area contributed by atoms with Gasteiger partial charge in [-0.15, -0.1) is 0 Å². The molecule has 0 spiro atoms. The molecule has 0 aromatic heterocycles. The SMILES string of the molecule is Cc1cc(C[C@H](N)CN(Cl)C(=O)[C@@H]2C[C@]2(C)c2ccccc2)ccc1O. The second-order valence-corrected chi connectivity index (χ2v) is 7.92. The first-order valence-corrected chi connectivity index (χ1v) is 9.22. The van der Waals surface area contributed by atoms with E-state index in [9.17, 15) is 9.90 Å². The van der Waals surface area contributed by atoms with Gasteiger partial charge in [0, 0.05) is 29.2 Å². The van der Waals surface area contributed by atoms with Gasteiger partial charge in [0.1, 0.15) is 5.75 Å². The van der Waals surface area contributed by atoms with Crippen molar-refractivity contribution in [2.24, 2.45) is 11.7 Å². The second-order valence-electron chi connectivity index (χ2n) is 7.51. The smallest absolute Gasteiger partial charge is 0.241 e. The minimum absolute atomic E-state index is 0.0599. The summed E-state index contributed by atoms with van der Waals surface area (Å²) in [6.45, 7) is 4.25. The van der Waals surface area contributed by atoms with Crippen LogP contribution < -0.4 is 5.73 Å². The van der Waals surface area contributed by atoms with Gasteiger partial charge in [-0.1, -0.05) is 49.4 Å². The topological polar surface area (TPSA) is 66.6 Å². The number of aryl methyl sites for hydroxylation is 1. The van der Waals surface area contributed by atoms with Crippen molar-refractivity contribution in [3.63, 3.8) is 0 Å². The summed E-state index contributed by atoms with van der Waals surface area (Å²) in [7, 11) is 0. The van der Waals surface area contributed by atoms with Crippen LogP contribution in [0, 0.1) is 12.8 Å². The van der Waals surface area contributed by atoms with Crippen molar-refractivity contribution in [1.82, 2.24) is 4.42 Å². The number of hydrogen-bond acceptors (Lipinski definition) is 3. The van der Waals surface area contributed by atoms with Gasteiger partial charge in [-0.05, 0) is 42.5 Å². The molecule has 0 bridgehead atoms. The predicted octanol–water partition coefficient (Wildman–Crippen LogP) is 3.53. The Bertz CT molecular complexity index is 796. The molecule has 0 aliphatic heterocycles. The lowest BCUT2D eigenvalue weighted by atomic mass is 9.95. The van der Waals surface area contributed by atoms with Crippen LogP contribution in [0.1, 0.15) is 30.0 Å². The molecule has 0 unspecified atom stereocenters. The first-order chi connectivity index (χ1) is 12.3. The summed E-state index contributed by atoms with van der Waals surface area (Å²) >= 11 is 6.26. The molecule has 0 saturated heterocycles. The molecule has 3 atom stereocenters. The first kappa shape index (κ1) is 18.7. The van der Waals surface area contributed by atoms with Crippen LogP contribution in [-0.2, 0) is 16.6 Å². The third-order valence-electron chi connectivity index (χ3n) is 5.36. The average molecular weight is 373 g/mol. The molecule has 1 saturated carbocycles. The Hall–Kier alpha value is -2.04. The van der Waals surface area contributed by atoms with Crippen LogP contribution >= 0.6 is 11.8 Å². The molecule has 1 aliphatic rings. The lowest BCUT2D eigenvalue weighted by Crippen LogP contribution is -2.38. The quantitative estimate of drug-likeness (QED) is 0.762. The number of nitrogens with two attached hydrogens (primary N) is 1. The molecule has 1 aliphatic carbocycles. The van der Waals surface area contributed by atoms with Crippen LogP contribution in [0.4, 0.5) is 0 Å². The van der Waals surface area contributed by atoms with Gasteiger partial charge in [-0.3, -0.25) is 9.21 Å². The zero-order valence-electron chi connectivity index (χ0n) is 15.2. The molecule has 1 fully saturated rings. The number of amides is 1. The second kappa shape index (κ2) is 7.29. The van der Waals surface area contributed by atoms with E-state index in [1.165, 1.54) is 9.98 Å². The minimum atomic E-state index is -0.262. The van der Waals surface area contributed by atoms with Crippen molar-refractivity contribution < 1.29 is 9.90 Å². The van der Waals surface area contributed by atoms with Crippen molar-refractivity contribution in [3.8, 4) is 5.75 Å². The summed E-state index contributed by atoms with van der Waals surface area (Å²) in [5.74, 6) is 0.117. The molecule has 0 radical (unpaired) electrons. The first-order valence-electron chi connectivity index (χ1n) is 8.88. The molecular formula is C21H25ClN2O2. The third-order valence-corrected chi connectivity index (χ3v) is 5.67. The van der Waals surface area contributed by atoms with E-state index < -0.39 is 0 Å². The van der Waals surface area contributed by atoms with Crippen LogP contribution in [-0.4, -0.2) is 28.0 Å². The van der Waals surface area contributed by atoms with Crippen molar-refractivity contribution in [3.05, 3.63) is 65.2 Å². The average Bonchev–Trinajstić information content (AvgIpc) is 3.31. The van der Waals surface area contributed by atoms with Gasteiger partial charge in [0.15, 0.2) is 0 Å². The highest BCUT2D eigenvalue weighted by Gasteiger charge is 2.56. The monoisotopic (exact) mass is 372 g/mol. The summed E-state index contributed by atoms with van der Waals surface area (Å²) in [6.07, 6.45) is 1.41. The largest absolute Gasteiger partial charge is 0.508 e. The summed E-state index contributed by atoms with van der Waals surface area (Å²) in [5, 5.41) is 9.60. The van der Waals surface area contributed by atoms with Crippen LogP contribution in [0.25, 0.3) is 0 Å². The normalized spacial score (nSPS) is 22.7. The van der Waals surface area contributed by atoms with Crippen LogP contribution in [0.2, 0.25) is 0 Å². The van der Waals surface area contributed by atoms with E-state index in [1.807, 2.05) is 37.3 Å². The van der Waals surface area contributed by atoms with E-state index in [-0.39, 0.29) is 29.0 Å². The molecule has 26 heavy (non-hydrogen) atoms. The fourth-order valence-corrected chi connectivity index (χ4v) is 3.83. The molecular weight excluding hydrogens is 348 g/mol. The molecule has 2 aromatic rings. The number of halogens is 1. The summed E-state index contributed by atoms with van der Waals surface area (Å²) in [4.78, 5) is 12.7. The number of benzene rings is 2. The molecule has 3 N–H and O–H groups in total. The number of carbonyl (C=O) groups is 1. The molecule has 5 heteroatoms. The van der Waals surface area contributed by atoms with Crippen LogP contribution in [0.3, 0.4) is 0 Å². The number of phenolic OH excluding ortho intramolecular Hbond substituents is 1. The Labute approximate surface area is 159 Å². The minimum Gasteiger partial charge on any atom is -0.508 e. The van der Waals surface area contributed by atoms with Gasteiger partial charge < -0.3 is 10.8 Å². The Morgan fingerprint density at radius 2 is 2.04 bits per heavy atom. The Morgan fingerprint density at radius 1 is 1.35 bits per heavy atom. The van der Waals surface area contributed by atoms with Crippen molar-refractivity contribution in [2.45, 2.75) is 38.1 Å². The standard InChI is InChI=1S/C21H25ClN2O2/c1-14-10-15(8-9-19(14)25)11-17(23)13-24(22)20(26)18-12-21(18,2)16-6-4-3-5-7-16/h3-10,17-18,25H,11-13,23H2,1-2H3/t17-,18-,21+/m0/s1. The lowest BCUT2D eigenvalue weighted by molar-refractivity contribution is -0.128. The van der Waals surface area contributed by atoms with Gasteiger partial charge >= 0.3 is 0 Å². The molecule has 2 aromatic carbocycles. The van der Waals surface area contributed by atoms with Crippen LogP contribution in [0.5, 0.6) is 5.75 Å². The number of aromatic hydroxyl groups is 1. The van der Waals surface area contributed by atoms with E-state index in [1.54, 1.807) is 6.07 Å². The Balaban J connectivity index is 1.57. The van der Waals surface area contributed by atoms with Gasteiger partial charge in [0.2, 0.25) is 5.91 Å². The molecule has 1 amide bonds. The van der Waals surface area contributed by atoms with E-state index in [0.717, 1.165) is 17.5 Å². The number of nitrogens with zero attached hydrogens (tertiary/aromatic N) is 1. The van der Waals surface area contributed by atoms with E-state index >= 15 is 0 Å². The third kappa shape index (κ3) is 3.87. The maximum Gasteiger partial charge on any atom is 0.241 e. The van der Waals surface area contributed by atoms with Crippen molar-refractivity contribution >= 4 is 17.7 Å². The highest BCUT2D eigenvalue weighted by molar-refractivity contribution is 6.22. The fraction of sp³-hybridized carbons (Fsp3) is 0.381. The Kier molecular flexibility index (Phi) is 5.26. The molecule has 3 rings (SSSR count). The van der Waals surface area contributed by atoms with E-state index in [0.29, 0.717) is 13.0 Å². The number of carbonyl (C=O) groups excluding carboxylic acids is 1. The van der Waals surface area contributed by atoms with E-state index in [2.05, 4.69) is 19.1 Å². The maximum atomic E-state index is 12.7. The zero-order chi connectivity index (χ0) is 18.9. The molecule has 4 nitrogen and oxygen atoms in total. The fourth-order valence-electron chi connectivity index (χ4n) is 3.54. The number of phenols is 1. The predicted molar refractivity (Wildman–Crippen MR) is 104 cm³/mol. The van der Waals surface area contributed by atoms with Gasteiger partial charge in [0.25, 0.3) is 0 Å². The van der Waals surface area contributed by atoms with Crippen molar-refractivity contribution in [2.75, 3.05) is 6.54 Å². The highest BCUT2D eigenvalue weighted by atomic mass is 35.5. The van der Waals surface area contributed by atoms with Crippen LogP contribution in [0.15, 0.2) is 48.5 Å². The Morgan fingerprint density at radius 3 is 2.69 bits per heavy atom. The van der Waals surface area contributed by atoms with Gasteiger partial charge in [-0.25, -0.2) is 0 Å². The summed E-state index contributed by atoms with van der Waals surface area (Å²) < 4.78 is 1.25. The number of rotatable bonds is 6. The summed E-state index contributed by atoms with van der Waals surface area (Å²) in [6, 6.07) is 15.2. The van der Waals surface area contributed by atoms with Gasteiger partial charge in [0.05, 0.1) is 6.54 Å². The zero-order valence-corrected chi connectivity index (χ0v) is 15.9.